The molecule has 2 aliphatic heterocycles. The third kappa shape index (κ3) is 2.83. The second kappa shape index (κ2) is 5.78. The van der Waals surface area contributed by atoms with Crippen LogP contribution in [0.2, 0.25) is 0 Å². The van der Waals surface area contributed by atoms with Gasteiger partial charge in [0.1, 0.15) is 5.54 Å². The van der Waals surface area contributed by atoms with Crippen molar-refractivity contribution in [1.82, 2.24) is 9.80 Å². The van der Waals surface area contributed by atoms with Crippen LogP contribution in [0.5, 0.6) is 0 Å². The highest BCUT2D eigenvalue weighted by Crippen LogP contribution is 2.34. The van der Waals surface area contributed by atoms with Crippen LogP contribution >= 0.6 is 0 Å². The molecule has 0 aromatic heterocycles. The second-order valence-electron chi connectivity index (χ2n) is 6.54. The maximum Gasteiger partial charge on any atom is 0.323 e. The number of rotatable bonds is 4. The lowest BCUT2D eigenvalue weighted by Gasteiger charge is -2.36. The highest BCUT2D eigenvalue weighted by Gasteiger charge is 2.47. The lowest BCUT2D eigenvalue weighted by Crippen LogP contribution is -2.53. The van der Waals surface area contributed by atoms with Crippen molar-refractivity contribution in [3.8, 4) is 0 Å². The van der Waals surface area contributed by atoms with Gasteiger partial charge in [-0.1, -0.05) is 30.3 Å². The molecule has 2 unspecified atom stereocenters. The molecule has 3 rings (SSSR count). The van der Waals surface area contributed by atoms with Crippen molar-refractivity contribution in [2.24, 2.45) is 0 Å². The topological polar surface area (TPSA) is 43.8 Å². The molecule has 114 valence electrons. The SMILES string of the molecule is CC1(C(=O)O)CCCN1C1CCN(Cc2ccccc2)C1. The van der Waals surface area contributed by atoms with E-state index in [0.29, 0.717) is 6.04 Å². The van der Waals surface area contributed by atoms with Gasteiger partial charge in [0.25, 0.3) is 0 Å². The van der Waals surface area contributed by atoms with E-state index in [1.165, 1.54) is 5.56 Å². The van der Waals surface area contributed by atoms with Crippen molar-refractivity contribution in [3.63, 3.8) is 0 Å². The summed E-state index contributed by atoms with van der Waals surface area (Å²) in [6.07, 6.45) is 2.85. The highest BCUT2D eigenvalue weighted by molar-refractivity contribution is 5.78. The van der Waals surface area contributed by atoms with Crippen LogP contribution in [-0.2, 0) is 11.3 Å². The molecule has 4 heteroatoms. The molecule has 0 bridgehead atoms. The van der Waals surface area contributed by atoms with Gasteiger partial charge in [0.05, 0.1) is 0 Å². The molecule has 2 saturated heterocycles. The molecule has 1 aromatic rings. The molecule has 4 nitrogen and oxygen atoms in total. The Morgan fingerprint density at radius 2 is 2.10 bits per heavy atom. The molecule has 2 fully saturated rings. The molecule has 1 N–H and O–H groups in total. The number of carboxylic acids is 1. The molecule has 1 aromatic carbocycles. The Hall–Kier alpha value is -1.39. The van der Waals surface area contributed by atoms with Crippen molar-refractivity contribution in [1.29, 1.82) is 0 Å². The van der Waals surface area contributed by atoms with E-state index < -0.39 is 11.5 Å². The standard InChI is InChI=1S/C17H24N2O2/c1-17(16(20)21)9-5-10-19(17)15-8-11-18(13-15)12-14-6-3-2-4-7-14/h2-4,6-7,15H,5,8-13H2,1H3,(H,20,21). The average molecular weight is 288 g/mol. The minimum Gasteiger partial charge on any atom is -0.480 e. The first-order chi connectivity index (χ1) is 10.1. The summed E-state index contributed by atoms with van der Waals surface area (Å²) < 4.78 is 0. The number of carbonyl (C=O) groups is 1. The molecule has 0 amide bonds. The van der Waals surface area contributed by atoms with Gasteiger partial charge in [0.2, 0.25) is 0 Å². The minimum atomic E-state index is -0.665. The molecule has 0 spiro atoms. The molecule has 2 heterocycles. The van der Waals surface area contributed by atoms with Crippen molar-refractivity contribution < 1.29 is 9.90 Å². The van der Waals surface area contributed by atoms with Gasteiger partial charge < -0.3 is 5.11 Å². The molecule has 0 aliphatic carbocycles. The zero-order valence-corrected chi connectivity index (χ0v) is 12.7. The van der Waals surface area contributed by atoms with E-state index in [-0.39, 0.29) is 0 Å². The summed E-state index contributed by atoms with van der Waals surface area (Å²) in [5.74, 6) is -0.665. The van der Waals surface area contributed by atoms with E-state index in [1.807, 2.05) is 13.0 Å². The predicted octanol–water partition coefficient (Wildman–Crippen LogP) is 2.20. The van der Waals surface area contributed by atoms with Gasteiger partial charge >= 0.3 is 5.97 Å². The van der Waals surface area contributed by atoms with E-state index in [9.17, 15) is 9.90 Å². The molecule has 0 radical (unpaired) electrons. The number of hydrogen-bond acceptors (Lipinski definition) is 3. The Balaban J connectivity index is 1.63. The fraction of sp³-hybridized carbons (Fsp3) is 0.588. The number of hydrogen-bond donors (Lipinski definition) is 1. The predicted molar refractivity (Wildman–Crippen MR) is 82.1 cm³/mol. The summed E-state index contributed by atoms with van der Waals surface area (Å²) in [4.78, 5) is 16.3. The first kappa shape index (κ1) is 14.5. The molecule has 0 saturated carbocycles. The first-order valence-corrected chi connectivity index (χ1v) is 7.86. The summed E-state index contributed by atoms with van der Waals surface area (Å²) in [5, 5.41) is 9.55. The Morgan fingerprint density at radius 1 is 1.33 bits per heavy atom. The number of carboxylic acid groups (broad SMARTS) is 1. The van der Waals surface area contributed by atoms with Crippen LogP contribution in [0.3, 0.4) is 0 Å². The minimum absolute atomic E-state index is 0.386. The van der Waals surface area contributed by atoms with Crippen LogP contribution in [-0.4, -0.2) is 52.1 Å². The van der Waals surface area contributed by atoms with E-state index >= 15 is 0 Å². The number of likely N-dealkylation sites (tertiary alicyclic amines) is 2. The Bertz CT molecular complexity index is 505. The van der Waals surface area contributed by atoms with Crippen LogP contribution in [0.15, 0.2) is 30.3 Å². The van der Waals surface area contributed by atoms with Crippen LogP contribution in [0.25, 0.3) is 0 Å². The first-order valence-electron chi connectivity index (χ1n) is 7.86. The normalized spacial score (nSPS) is 30.8. The largest absolute Gasteiger partial charge is 0.480 e. The molecule has 21 heavy (non-hydrogen) atoms. The Morgan fingerprint density at radius 3 is 2.81 bits per heavy atom. The number of aliphatic carboxylic acids is 1. The van der Waals surface area contributed by atoms with Gasteiger partial charge in [0, 0.05) is 25.7 Å². The zero-order valence-electron chi connectivity index (χ0n) is 12.7. The number of nitrogens with zero attached hydrogens (tertiary/aromatic N) is 2. The van der Waals surface area contributed by atoms with Gasteiger partial charge in [-0.05, 0) is 38.3 Å². The van der Waals surface area contributed by atoms with Crippen LogP contribution in [0.4, 0.5) is 0 Å². The summed E-state index contributed by atoms with van der Waals surface area (Å²) in [6, 6.07) is 10.9. The maximum absolute atomic E-state index is 11.6. The van der Waals surface area contributed by atoms with Crippen LogP contribution < -0.4 is 0 Å². The smallest absolute Gasteiger partial charge is 0.323 e. The lowest BCUT2D eigenvalue weighted by molar-refractivity contribution is -0.149. The summed E-state index contributed by atoms with van der Waals surface area (Å²) in [5.41, 5.74) is 0.675. The van der Waals surface area contributed by atoms with E-state index in [4.69, 9.17) is 0 Å². The van der Waals surface area contributed by atoms with Crippen molar-refractivity contribution in [2.45, 2.75) is 44.3 Å². The zero-order chi connectivity index (χ0) is 14.9. The summed E-state index contributed by atoms with van der Waals surface area (Å²) >= 11 is 0. The monoisotopic (exact) mass is 288 g/mol. The third-order valence-corrected chi connectivity index (χ3v) is 5.09. The van der Waals surface area contributed by atoms with E-state index in [0.717, 1.165) is 45.4 Å². The van der Waals surface area contributed by atoms with Crippen LogP contribution in [0, 0.1) is 0 Å². The second-order valence-corrected chi connectivity index (χ2v) is 6.54. The molecule has 2 aliphatic rings. The Labute approximate surface area is 126 Å². The van der Waals surface area contributed by atoms with Gasteiger partial charge in [0.15, 0.2) is 0 Å². The van der Waals surface area contributed by atoms with Crippen molar-refractivity contribution in [3.05, 3.63) is 35.9 Å². The molecular formula is C17H24N2O2. The van der Waals surface area contributed by atoms with Crippen LogP contribution in [0.1, 0.15) is 31.7 Å². The summed E-state index contributed by atoms with van der Waals surface area (Å²) in [7, 11) is 0. The highest BCUT2D eigenvalue weighted by atomic mass is 16.4. The summed E-state index contributed by atoms with van der Waals surface area (Å²) in [6.45, 7) is 5.83. The third-order valence-electron chi connectivity index (χ3n) is 5.09. The van der Waals surface area contributed by atoms with E-state index in [1.54, 1.807) is 0 Å². The van der Waals surface area contributed by atoms with Gasteiger partial charge in [-0.3, -0.25) is 14.6 Å². The molecule has 2 atom stereocenters. The quantitative estimate of drug-likeness (QED) is 0.922. The lowest BCUT2D eigenvalue weighted by atomic mass is 9.97. The van der Waals surface area contributed by atoms with Gasteiger partial charge in [-0.25, -0.2) is 0 Å². The van der Waals surface area contributed by atoms with Gasteiger partial charge in [-0.15, -0.1) is 0 Å². The Kier molecular flexibility index (Phi) is 4.00. The van der Waals surface area contributed by atoms with Crippen molar-refractivity contribution in [2.75, 3.05) is 19.6 Å². The van der Waals surface area contributed by atoms with E-state index in [2.05, 4.69) is 34.1 Å². The number of benzene rings is 1. The molecular weight excluding hydrogens is 264 g/mol. The van der Waals surface area contributed by atoms with Crippen molar-refractivity contribution >= 4 is 5.97 Å². The average Bonchev–Trinajstić information content (AvgIpc) is 3.07. The fourth-order valence-corrected chi connectivity index (χ4v) is 3.85. The van der Waals surface area contributed by atoms with Gasteiger partial charge in [-0.2, -0.15) is 0 Å². The maximum atomic E-state index is 11.6. The fourth-order valence-electron chi connectivity index (χ4n) is 3.85.